The van der Waals surface area contributed by atoms with Crippen LogP contribution in [0.25, 0.3) is 121 Å². The van der Waals surface area contributed by atoms with Crippen LogP contribution in [0.4, 0.5) is 0 Å². The number of furan rings is 1. The SMILES string of the molecule is [2H]c1nc2c(c([2H])c1[2H])c([2H])c([2H])c1c([2H])c([2H])c(-c3c([2H])c([2H])c(-c4c([2H])c([2H])c(-c5oc(-c6c([2H])c7c([2H])c([2H])c([2H])c([2H])c7c7c([2H])c([2H])c([2H])c([2H])c67)c(-c6c([2H])c([2H])c([2H])c([2H])c6[2H])c5-c5c([2H])c([2H])c([2H])c([2H])c5[2H])c([2H])c4[2H])c4c([2H])c([2H])c([2H])c([2H])c34)nc12. The van der Waals surface area contributed by atoms with E-state index in [0.29, 0.717) is 0 Å². The van der Waals surface area contributed by atoms with E-state index in [2.05, 4.69) is 9.97 Å². The van der Waals surface area contributed by atoms with E-state index in [1.165, 1.54) is 0 Å². The Morgan fingerprint density at radius 1 is 0.344 bits per heavy atom. The molecule has 284 valence electrons. The molecule has 0 saturated carbocycles. The fourth-order valence-corrected chi connectivity index (χ4v) is 6.94. The van der Waals surface area contributed by atoms with E-state index in [0.717, 1.165) is 0 Å². The van der Waals surface area contributed by atoms with Crippen molar-refractivity contribution < 1.29 is 53.8 Å². The fourth-order valence-electron chi connectivity index (χ4n) is 6.94. The quantitative estimate of drug-likeness (QED) is 0.157. The summed E-state index contributed by atoms with van der Waals surface area (Å²) < 4.78 is 335. The van der Waals surface area contributed by atoms with E-state index in [4.69, 9.17) is 31.8 Å². The Morgan fingerprint density at radius 2 is 0.869 bits per heavy atom. The summed E-state index contributed by atoms with van der Waals surface area (Å²) in [6, 6.07) is -37.3. The molecular formula is C58H36N2O. The number of nitrogens with zero attached hydrogens (tertiary/aromatic N) is 2. The molecule has 61 heavy (non-hydrogen) atoms. The molecule has 3 nitrogen and oxygen atoms in total. The summed E-state index contributed by atoms with van der Waals surface area (Å²) in [7, 11) is 0. The standard InChI is InChI=1S/C58H36N2O/c1-3-14-38(15-4-1)53-54(39-16-5-2-6-17-39)58(51-36-43-18-7-8-20-44(43)46-21-10-12-24-49(46)51)61-57(53)42-29-25-37(26-30-42)45-32-33-50(48-23-11-9-22-47(45)48)52-34-31-41-28-27-40-19-13-35-59-55(40)56(41)60-52/h1-36H/i1D,2D,3D,4D,5D,6D,7D,8D,9D,10D,11D,12D,13D,14D,15D,16D,17D,18D,19D,20D,21D,22D,23D,24D,25D,26D,27D,28D,29D,30D,31D,32D,33D,34D,35D,36D. The number of pyridine rings is 2. The second kappa shape index (κ2) is 14.3. The molecule has 0 atom stereocenters. The molecule has 12 rings (SSSR count). The fraction of sp³-hybridized carbons (Fsp3) is 0. The predicted octanol–water partition coefficient (Wildman–Crippen LogP) is 15.8. The molecule has 0 unspecified atom stereocenters. The first kappa shape index (κ1) is 14.3. The van der Waals surface area contributed by atoms with E-state index in [9.17, 15) is 21.9 Å². The van der Waals surface area contributed by atoms with Gasteiger partial charge in [0.15, 0.2) is 0 Å². The first-order chi connectivity index (χ1) is 45.2. The summed E-state index contributed by atoms with van der Waals surface area (Å²) >= 11 is 0. The number of rotatable bonds is 6. The van der Waals surface area contributed by atoms with E-state index < -0.39 is 339 Å². The van der Waals surface area contributed by atoms with E-state index in [1.807, 2.05) is 0 Å². The molecule has 0 radical (unpaired) electrons. The lowest BCUT2D eigenvalue weighted by Gasteiger charge is -2.13. The average molecular weight is 813 g/mol. The summed E-state index contributed by atoms with van der Waals surface area (Å²) in [6.45, 7) is 0. The van der Waals surface area contributed by atoms with Gasteiger partial charge in [-0.3, -0.25) is 4.98 Å². The Balaban J connectivity index is 1.29. The summed E-state index contributed by atoms with van der Waals surface area (Å²) in [5, 5.41) is -5.75. The molecule has 0 aliphatic rings. The summed E-state index contributed by atoms with van der Waals surface area (Å²) in [5.41, 5.74) is -11.0. The van der Waals surface area contributed by atoms with Gasteiger partial charge in [-0.25, -0.2) is 4.98 Å². The van der Waals surface area contributed by atoms with Crippen LogP contribution in [-0.4, -0.2) is 9.97 Å². The van der Waals surface area contributed by atoms with Gasteiger partial charge in [-0.2, -0.15) is 0 Å². The highest BCUT2D eigenvalue weighted by molar-refractivity contribution is 6.15. The first-order valence-corrected chi connectivity index (χ1v) is 17.8. The Bertz CT molecular complexity index is 5700. The average Bonchev–Trinajstić information content (AvgIpc) is 1.69. The van der Waals surface area contributed by atoms with Crippen LogP contribution in [0.15, 0.2) is 222 Å². The van der Waals surface area contributed by atoms with Crippen molar-refractivity contribution >= 4 is 54.1 Å². The highest BCUT2D eigenvalue weighted by Gasteiger charge is 2.27. The van der Waals surface area contributed by atoms with Crippen molar-refractivity contribution in [1.29, 1.82) is 0 Å². The molecule has 0 fully saturated rings. The summed E-state index contributed by atoms with van der Waals surface area (Å²) in [5.74, 6) is -2.33. The van der Waals surface area contributed by atoms with Crippen LogP contribution in [0.3, 0.4) is 0 Å². The maximum atomic E-state index is 9.95. The zero-order chi connectivity index (χ0) is 71.6. The van der Waals surface area contributed by atoms with Gasteiger partial charge in [-0.15, -0.1) is 0 Å². The third kappa shape index (κ3) is 5.82. The Hall–Kier alpha value is -8.14. The lowest BCUT2D eigenvalue weighted by Crippen LogP contribution is -1.91. The topological polar surface area (TPSA) is 38.9 Å². The van der Waals surface area contributed by atoms with Gasteiger partial charge >= 0.3 is 0 Å². The molecule has 3 heterocycles. The minimum atomic E-state index is -1.34. The number of hydrogen-bond donors (Lipinski definition) is 0. The normalized spacial score (nSPS) is 19.9. The molecule has 9 aromatic carbocycles. The Morgan fingerprint density at radius 3 is 1.59 bits per heavy atom. The molecule has 0 spiro atoms. The highest BCUT2D eigenvalue weighted by atomic mass is 16.3. The maximum Gasteiger partial charge on any atom is 0.143 e. The van der Waals surface area contributed by atoms with Gasteiger partial charge in [0.2, 0.25) is 0 Å². The van der Waals surface area contributed by atoms with Gasteiger partial charge in [-0.05, 0) is 72.7 Å². The van der Waals surface area contributed by atoms with Gasteiger partial charge < -0.3 is 4.42 Å². The molecule has 0 aliphatic heterocycles. The smallest absolute Gasteiger partial charge is 0.143 e. The number of aromatic nitrogens is 2. The Labute approximate surface area is 403 Å². The first-order valence-electron chi connectivity index (χ1n) is 35.8. The second-order valence-electron chi connectivity index (χ2n) is 12.9. The maximum absolute atomic E-state index is 9.95. The van der Waals surface area contributed by atoms with Gasteiger partial charge in [0, 0.05) is 44.8 Å². The van der Waals surface area contributed by atoms with Gasteiger partial charge in [0.25, 0.3) is 0 Å². The molecule has 0 aliphatic carbocycles. The third-order valence-corrected chi connectivity index (χ3v) is 9.55. The monoisotopic (exact) mass is 813 g/mol. The second-order valence-corrected chi connectivity index (χ2v) is 12.9. The van der Waals surface area contributed by atoms with Crippen LogP contribution in [0.1, 0.15) is 49.3 Å². The third-order valence-electron chi connectivity index (χ3n) is 9.55. The minimum absolute atomic E-state index is 0.496. The molecule has 3 aromatic heterocycles. The van der Waals surface area contributed by atoms with Crippen LogP contribution >= 0.6 is 0 Å². The summed E-state index contributed by atoms with van der Waals surface area (Å²) in [4.78, 5) is 8.46. The van der Waals surface area contributed by atoms with Crippen molar-refractivity contribution in [2.75, 3.05) is 0 Å². The lowest BCUT2D eigenvalue weighted by atomic mass is 9.89. The number of hydrogen-bond acceptors (Lipinski definition) is 3. The van der Waals surface area contributed by atoms with E-state index in [-0.39, 0.29) is 0 Å². The summed E-state index contributed by atoms with van der Waals surface area (Å²) in [6.07, 6.45) is -0.822. The Kier molecular flexibility index (Phi) is 3.34. The van der Waals surface area contributed by atoms with Gasteiger partial charge in [-0.1, -0.05) is 193 Å². The van der Waals surface area contributed by atoms with Crippen LogP contribution in [-0.2, 0) is 0 Å². The van der Waals surface area contributed by atoms with Crippen molar-refractivity contribution in [3.8, 4) is 67.3 Å². The highest BCUT2D eigenvalue weighted by Crippen LogP contribution is 2.50. The van der Waals surface area contributed by atoms with Crippen LogP contribution < -0.4 is 0 Å². The molecule has 0 saturated heterocycles. The molecule has 0 bridgehead atoms. The van der Waals surface area contributed by atoms with Crippen molar-refractivity contribution in [3.05, 3.63) is 218 Å². The van der Waals surface area contributed by atoms with Crippen molar-refractivity contribution in [3.63, 3.8) is 0 Å². The number of fused-ring (bicyclic) bond motifs is 7. The van der Waals surface area contributed by atoms with Crippen molar-refractivity contribution in [2.45, 2.75) is 0 Å². The molecule has 3 heteroatoms. The minimum Gasteiger partial charge on any atom is -0.455 e. The molecule has 0 amide bonds. The van der Waals surface area contributed by atoms with Crippen LogP contribution in [0.5, 0.6) is 0 Å². The molecule has 0 N–H and O–H groups in total. The molecular weight excluding hydrogens is 741 g/mol. The molecule has 12 aromatic rings. The van der Waals surface area contributed by atoms with Crippen molar-refractivity contribution in [2.24, 2.45) is 0 Å². The predicted molar refractivity (Wildman–Crippen MR) is 254 cm³/mol. The van der Waals surface area contributed by atoms with Crippen molar-refractivity contribution in [1.82, 2.24) is 9.97 Å². The van der Waals surface area contributed by atoms with Gasteiger partial charge in [0.05, 0.1) is 66.1 Å². The zero-order valence-corrected chi connectivity index (χ0v) is 30.3. The largest absolute Gasteiger partial charge is 0.455 e. The van der Waals surface area contributed by atoms with Gasteiger partial charge in [0.1, 0.15) is 11.5 Å². The van der Waals surface area contributed by atoms with E-state index >= 15 is 0 Å². The van der Waals surface area contributed by atoms with Crippen LogP contribution in [0.2, 0.25) is 0 Å². The lowest BCUT2D eigenvalue weighted by molar-refractivity contribution is 0.599. The van der Waals surface area contributed by atoms with Crippen LogP contribution in [0, 0.1) is 0 Å². The number of benzene rings is 9. The van der Waals surface area contributed by atoms with E-state index in [1.54, 1.807) is 0 Å². The zero-order valence-electron chi connectivity index (χ0n) is 66.3.